The Labute approximate surface area is 107 Å². The number of aliphatic carboxylic acids is 1. The van der Waals surface area contributed by atoms with Gasteiger partial charge in [-0.05, 0) is 12.5 Å². The van der Waals surface area contributed by atoms with Gasteiger partial charge in [-0.25, -0.2) is 0 Å². The molecule has 1 aliphatic heterocycles. The Balaban J connectivity index is 1.98. The van der Waals surface area contributed by atoms with Crippen molar-refractivity contribution in [3.63, 3.8) is 0 Å². The summed E-state index contributed by atoms with van der Waals surface area (Å²) < 4.78 is 5.92. The number of carbonyl (C=O) groups is 1. The number of nitrogens with zero attached hydrogens (tertiary/aromatic N) is 1. The highest BCUT2D eigenvalue weighted by Gasteiger charge is 2.26. The van der Waals surface area contributed by atoms with Crippen LogP contribution in [0.4, 0.5) is 0 Å². The molecule has 1 fully saturated rings. The summed E-state index contributed by atoms with van der Waals surface area (Å²) in [4.78, 5) is 12.8. The molecule has 2 atom stereocenters. The molecule has 0 bridgehead atoms. The van der Waals surface area contributed by atoms with E-state index >= 15 is 0 Å². The Morgan fingerprint density at radius 1 is 1.39 bits per heavy atom. The van der Waals surface area contributed by atoms with E-state index in [1.165, 1.54) is 0 Å². The highest BCUT2D eigenvalue weighted by molar-refractivity contribution is 5.66. The first-order valence-corrected chi connectivity index (χ1v) is 6.29. The first kappa shape index (κ1) is 13.1. The molecule has 0 aromatic heterocycles. The third-order valence-corrected chi connectivity index (χ3v) is 3.15. The fourth-order valence-electron chi connectivity index (χ4n) is 2.33. The predicted molar refractivity (Wildman–Crippen MR) is 68.4 cm³/mol. The lowest BCUT2D eigenvalue weighted by molar-refractivity contribution is -0.138. The lowest BCUT2D eigenvalue weighted by atomic mass is 10.1. The molecule has 1 saturated heterocycles. The third kappa shape index (κ3) is 3.55. The van der Waals surface area contributed by atoms with Gasteiger partial charge in [0.25, 0.3) is 0 Å². The summed E-state index contributed by atoms with van der Waals surface area (Å²) in [5.74, 6) is -0.745. The summed E-state index contributed by atoms with van der Waals surface area (Å²) >= 11 is 0. The second kappa shape index (κ2) is 5.98. The van der Waals surface area contributed by atoms with E-state index in [0.29, 0.717) is 6.54 Å². The molecule has 2 rings (SSSR count). The summed E-state index contributed by atoms with van der Waals surface area (Å²) in [6.07, 6.45) is 0.371. The zero-order chi connectivity index (χ0) is 13.0. The fourth-order valence-corrected chi connectivity index (χ4v) is 2.33. The van der Waals surface area contributed by atoms with E-state index in [2.05, 4.69) is 17.0 Å². The van der Waals surface area contributed by atoms with Gasteiger partial charge >= 0.3 is 5.97 Å². The molecule has 4 heteroatoms. The molecule has 1 N–H and O–H groups in total. The van der Waals surface area contributed by atoms with E-state index in [9.17, 15) is 4.79 Å². The van der Waals surface area contributed by atoms with Gasteiger partial charge < -0.3 is 9.84 Å². The van der Waals surface area contributed by atoms with Crippen molar-refractivity contribution in [2.24, 2.45) is 0 Å². The number of carboxylic acid groups (broad SMARTS) is 1. The van der Waals surface area contributed by atoms with Crippen molar-refractivity contribution in [2.75, 3.05) is 19.6 Å². The van der Waals surface area contributed by atoms with Crippen molar-refractivity contribution in [1.29, 1.82) is 0 Å². The average Bonchev–Trinajstić information content (AvgIpc) is 2.37. The van der Waals surface area contributed by atoms with Crippen LogP contribution < -0.4 is 0 Å². The Morgan fingerprint density at radius 2 is 2.11 bits per heavy atom. The summed E-state index contributed by atoms with van der Waals surface area (Å²) in [7, 11) is 0. The SMILES string of the molecule is C[C@@H]1CN(CCC(=O)O)C[C@@H](c2ccccc2)O1. The monoisotopic (exact) mass is 249 g/mol. The van der Waals surface area contributed by atoms with Crippen LogP contribution in [0.1, 0.15) is 25.0 Å². The van der Waals surface area contributed by atoms with Crippen molar-refractivity contribution in [3.05, 3.63) is 35.9 Å². The van der Waals surface area contributed by atoms with Crippen LogP contribution in [-0.4, -0.2) is 41.7 Å². The van der Waals surface area contributed by atoms with Crippen molar-refractivity contribution < 1.29 is 14.6 Å². The highest BCUT2D eigenvalue weighted by Crippen LogP contribution is 2.24. The summed E-state index contributed by atoms with van der Waals surface area (Å²) in [6, 6.07) is 10.1. The largest absolute Gasteiger partial charge is 0.481 e. The van der Waals surface area contributed by atoms with E-state index in [0.717, 1.165) is 18.7 Å². The Morgan fingerprint density at radius 3 is 2.78 bits per heavy atom. The summed E-state index contributed by atoms with van der Waals surface area (Å²) in [6.45, 7) is 4.19. The molecule has 0 unspecified atom stereocenters. The second-order valence-corrected chi connectivity index (χ2v) is 4.75. The van der Waals surface area contributed by atoms with Crippen LogP contribution >= 0.6 is 0 Å². The van der Waals surface area contributed by atoms with Gasteiger partial charge in [0.2, 0.25) is 0 Å². The topological polar surface area (TPSA) is 49.8 Å². The molecule has 1 aromatic rings. The fraction of sp³-hybridized carbons (Fsp3) is 0.500. The average molecular weight is 249 g/mol. The van der Waals surface area contributed by atoms with Crippen LogP contribution in [-0.2, 0) is 9.53 Å². The van der Waals surface area contributed by atoms with Gasteiger partial charge in [-0.2, -0.15) is 0 Å². The number of morpholine rings is 1. The third-order valence-electron chi connectivity index (χ3n) is 3.15. The maximum absolute atomic E-state index is 10.6. The molecule has 0 saturated carbocycles. The van der Waals surface area contributed by atoms with E-state index in [4.69, 9.17) is 9.84 Å². The van der Waals surface area contributed by atoms with E-state index in [-0.39, 0.29) is 18.6 Å². The Bertz CT molecular complexity index is 393. The maximum Gasteiger partial charge on any atom is 0.304 e. The lowest BCUT2D eigenvalue weighted by Gasteiger charge is -2.36. The zero-order valence-corrected chi connectivity index (χ0v) is 10.6. The lowest BCUT2D eigenvalue weighted by Crippen LogP contribution is -2.43. The molecule has 0 amide bonds. The minimum absolute atomic E-state index is 0.0451. The molecule has 0 aliphatic carbocycles. The normalized spacial score (nSPS) is 24.9. The molecule has 0 spiro atoms. The standard InChI is InChI=1S/C14H19NO3/c1-11-9-15(8-7-14(16)17)10-13(18-11)12-5-3-2-4-6-12/h2-6,11,13H,7-10H2,1H3,(H,16,17)/t11-,13+/m1/s1. The van der Waals surface area contributed by atoms with Crippen LogP contribution in [0.3, 0.4) is 0 Å². The van der Waals surface area contributed by atoms with E-state index in [1.54, 1.807) is 0 Å². The Hall–Kier alpha value is -1.39. The predicted octanol–water partition coefficient (Wildman–Crippen LogP) is 1.92. The molecule has 0 radical (unpaired) electrons. The van der Waals surface area contributed by atoms with Gasteiger partial charge in [0.15, 0.2) is 0 Å². The smallest absolute Gasteiger partial charge is 0.304 e. The number of benzene rings is 1. The summed E-state index contributed by atoms with van der Waals surface area (Å²) in [5.41, 5.74) is 1.16. The van der Waals surface area contributed by atoms with E-state index < -0.39 is 5.97 Å². The van der Waals surface area contributed by atoms with Crippen molar-refractivity contribution in [3.8, 4) is 0 Å². The highest BCUT2D eigenvalue weighted by atomic mass is 16.5. The van der Waals surface area contributed by atoms with Gasteiger partial charge in [-0.1, -0.05) is 30.3 Å². The minimum Gasteiger partial charge on any atom is -0.481 e. The number of ether oxygens (including phenoxy) is 1. The first-order chi connectivity index (χ1) is 8.65. The van der Waals surface area contributed by atoms with Gasteiger partial charge in [0.05, 0.1) is 18.6 Å². The molecule has 1 aromatic carbocycles. The van der Waals surface area contributed by atoms with Crippen LogP contribution in [0.25, 0.3) is 0 Å². The molecule has 1 aliphatic rings. The van der Waals surface area contributed by atoms with Crippen molar-refractivity contribution in [1.82, 2.24) is 4.90 Å². The van der Waals surface area contributed by atoms with Crippen LogP contribution in [0, 0.1) is 0 Å². The van der Waals surface area contributed by atoms with E-state index in [1.807, 2.05) is 25.1 Å². The molecule has 1 heterocycles. The second-order valence-electron chi connectivity index (χ2n) is 4.75. The molecule has 18 heavy (non-hydrogen) atoms. The van der Waals surface area contributed by atoms with Gasteiger partial charge in [0.1, 0.15) is 0 Å². The van der Waals surface area contributed by atoms with Crippen molar-refractivity contribution >= 4 is 5.97 Å². The molecule has 98 valence electrons. The summed E-state index contributed by atoms with van der Waals surface area (Å²) in [5, 5.41) is 8.74. The van der Waals surface area contributed by atoms with Crippen LogP contribution in [0.2, 0.25) is 0 Å². The van der Waals surface area contributed by atoms with Crippen LogP contribution in [0.15, 0.2) is 30.3 Å². The number of carboxylic acids is 1. The molecule has 4 nitrogen and oxygen atoms in total. The van der Waals surface area contributed by atoms with Gasteiger partial charge in [-0.3, -0.25) is 9.69 Å². The number of hydrogen-bond donors (Lipinski definition) is 1. The Kier molecular flexibility index (Phi) is 4.33. The maximum atomic E-state index is 10.6. The van der Waals surface area contributed by atoms with Gasteiger partial charge in [-0.15, -0.1) is 0 Å². The first-order valence-electron chi connectivity index (χ1n) is 6.29. The van der Waals surface area contributed by atoms with Crippen molar-refractivity contribution in [2.45, 2.75) is 25.6 Å². The molecular weight excluding hydrogens is 230 g/mol. The molecular formula is C14H19NO3. The van der Waals surface area contributed by atoms with Gasteiger partial charge in [0, 0.05) is 19.6 Å². The number of rotatable bonds is 4. The minimum atomic E-state index is -0.745. The number of hydrogen-bond acceptors (Lipinski definition) is 3. The quantitative estimate of drug-likeness (QED) is 0.885. The van der Waals surface area contributed by atoms with Crippen LogP contribution in [0.5, 0.6) is 0 Å². The zero-order valence-electron chi connectivity index (χ0n) is 10.6.